The Morgan fingerprint density at radius 2 is 1.68 bits per heavy atom. The molecule has 22 heavy (non-hydrogen) atoms. The first kappa shape index (κ1) is 18.0. The molecule has 122 valence electrons. The number of carbonyl (C=O) groups is 2. The van der Waals surface area contributed by atoms with E-state index in [0.29, 0.717) is 5.56 Å². The fourth-order valence-corrected chi connectivity index (χ4v) is 2.56. The van der Waals surface area contributed by atoms with Gasteiger partial charge >= 0.3 is 11.9 Å². The number of rotatable bonds is 6. The summed E-state index contributed by atoms with van der Waals surface area (Å²) in [7, 11) is 2.36. The second-order valence-electron chi connectivity index (χ2n) is 5.50. The van der Waals surface area contributed by atoms with E-state index in [-0.39, 0.29) is 18.1 Å². The van der Waals surface area contributed by atoms with E-state index in [1.807, 2.05) is 0 Å². The molecule has 1 aromatic carbocycles. The first-order valence-electron chi connectivity index (χ1n) is 6.92. The third-order valence-corrected chi connectivity index (χ3v) is 3.59. The number of carbonyl (C=O) groups excluding carboxylic acids is 2. The Hall–Kier alpha value is -2.08. The van der Waals surface area contributed by atoms with Crippen molar-refractivity contribution in [3.05, 3.63) is 29.8 Å². The fraction of sp³-hybridized carbons (Fsp3) is 0.500. The molecule has 0 amide bonds. The topological polar surface area (TPSA) is 93.1 Å². The molecule has 0 radical (unpaired) electrons. The highest BCUT2D eigenvalue weighted by atomic mass is 16.5. The van der Waals surface area contributed by atoms with Gasteiger partial charge < -0.3 is 19.7 Å². The molecule has 2 N–H and O–H groups in total. The maximum atomic E-state index is 12.1. The monoisotopic (exact) mass is 310 g/mol. The molecule has 0 aliphatic rings. The Kier molecular flexibility index (Phi) is 5.93. The van der Waals surface area contributed by atoms with Crippen LogP contribution in [0.15, 0.2) is 24.3 Å². The number of phenolic OH excluding ortho intramolecular Hbond substituents is 1. The van der Waals surface area contributed by atoms with Gasteiger partial charge in [-0.2, -0.15) is 0 Å². The molecule has 0 fully saturated rings. The second-order valence-corrected chi connectivity index (χ2v) is 5.50. The summed E-state index contributed by atoms with van der Waals surface area (Å²) in [6.07, 6.45) is -0.127. The largest absolute Gasteiger partial charge is 0.508 e. The Labute approximate surface area is 129 Å². The summed E-state index contributed by atoms with van der Waals surface area (Å²) in [4.78, 5) is 24.2. The van der Waals surface area contributed by atoms with Crippen molar-refractivity contribution in [1.29, 1.82) is 0 Å². The van der Waals surface area contributed by atoms with Gasteiger partial charge in [0.2, 0.25) is 0 Å². The van der Waals surface area contributed by atoms with Gasteiger partial charge in [-0.05, 0) is 23.6 Å². The highest BCUT2D eigenvalue weighted by Gasteiger charge is 2.51. The van der Waals surface area contributed by atoms with Gasteiger partial charge in [-0.1, -0.05) is 26.0 Å². The Bertz CT molecular complexity index is 522. The van der Waals surface area contributed by atoms with Crippen molar-refractivity contribution in [3.8, 4) is 5.75 Å². The van der Waals surface area contributed by atoms with Crippen LogP contribution < -0.4 is 0 Å². The van der Waals surface area contributed by atoms with Gasteiger partial charge in [-0.25, -0.2) is 4.79 Å². The van der Waals surface area contributed by atoms with E-state index in [9.17, 15) is 19.8 Å². The van der Waals surface area contributed by atoms with Crippen LogP contribution in [0.1, 0.15) is 19.4 Å². The molecule has 0 aromatic heterocycles. The lowest BCUT2D eigenvalue weighted by Crippen LogP contribution is -2.54. The molecule has 0 heterocycles. The number of aromatic hydroxyl groups is 1. The quantitative estimate of drug-likeness (QED) is 0.769. The number of hydrogen-bond acceptors (Lipinski definition) is 6. The smallest absolute Gasteiger partial charge is 0.339 e. The number of benzene rings is 1. The summed E-state index contributed by atoms with van der Waals surface area (Å²) in [5.41, 5.74) is -1.47. The molecular weight excluding hydrogens is 288 g/mol. The molecule has 0 saturated heterocycles. The zero-order chi connectivity index (χ0) is 16.9. The normalized spacial score (nSPS) is 15.0. The Morgan fingerprint density at radius 3 is 2.09 bits per heavy atom. The van der Waals surface area contributed by atoms with E-state index in [1.165, 1.54) is 19.2 Å². The lowest BCUT2D eigenvalue weighted by Gasteiger charge is -2.34. The van der Waals surface area contributed by atoms with Crippen molar-refractivity contribution in [2.75, 3.05) is 14.2 Å². The minimum atomic E-state index is -2.05. The molecule has 0 aliphatic heterocycles. The molecule has 6 nitrogen and oxygen atoms in total. The van der Waals surface area contributed by atoms with Crippen LogP contribution in [0.5, 0.6) is 5.75 Å². The molecule has 1 rings (SSSR count). The lowest BCUT2D eigenvalue weighted by atomic mass is 9.76. The zero-order valence-electron chi connectivity index (χ0n) is 13.2. The molecule has 6 heteroatoms. The van der Waals surface area contributed by atoms with Crippen molar-refractivity contribution in [1.82, 2.24) is 0 Å². The van der Waals surface area contributed by atoms with Gasteiger partial charge in [0, 0.05) is 6.42 Å². The molecular formula is C16H22O6. The second kappa shape index (κ2) is 7.26. The number of phenols is 1. The maximum absolute atomic E-state index is 12.1. The Morgan fingerprint density at radius 1 is 1.14 bits per heavy atom. The van der Waals surface area contributed by atoms with Crippen LogP contribution in [-0.2, 0) is 25.5 Å². The summed E-state index contributed by atoms with van der Waals surface area (Å²) in [5, 5.41) is 20.2. The first-order valence-corrected chi connectivity index (χ1v) is 6.92. The van der Waals surface area contributed by atoms with Crippen LogP contribution in [0, 0.1) is 11.8 Å². The van der Waals surface area contributed by atoms with Crippen molar-refractivity contribution in [3.63, 3.8) is 0 Å². The average Bonchev–Trinajstić information content (AvgIpc) is 2.48. The van der Waals surface area contributed by atoms with Gasteiger partial charge in [-0.15, -0.1) is 0 Å². The van der Waals surface area contributed by atoms with E-state index < -0.39 is 23.5 Å². The zero-order valence-corrected chi connectivity index (χ0v) is 13.2. The minimum absolute atomic E-state index is 0.0683. The van der Waals surface area contributed by atoms with Crippen LogP contribution in [0.4, 0.5) is 0 Å². The maximum Gasteiger partial charge on any atom is 0.339 e. The predicted octanol–water partition coefficient (Wildman–Crippen LogP) is 1.28. The van der Waals surface area contributed by atoms with Crippen LogP contribution in [0.25, 0.3) is 0 Å². The average molecular weight is 310 g/mol. The molecule has 1 aromatic rings. The van der Waals surface area contributed by atoms with Gasteiger partial charge in [0.1, 0.15) is 5.75 Å². The van der Waals surface area contributed by atoms with Gasteiger partial charge in [0.25, 0.3) is 0 Å². The standard InChI is InChI=1S/C16H22O6/c1-10(2)13(14(18)21-3)16(20,15(19)22-4)9-11-5-7-12(17)8-6-11/h5-8,10,13,17,20H,9H2,1-4H3. The summed E-state index contributed by atoms with van der Waals surface area (Å²) in [6.45, 7) is 3.43. The third kappa shape index (κ3) is 3.76. The van der Waals surface area contributed by atoms with Gasteiger partial charge in [0.15, 0.2) is 5.60 Å². The van der Waals surface area contributed by atoms with E-state index in [0.717, 1.165) is 7.11 Å². The van der Waals surface area contributed by atoms with E-state index >= 15 is 0 Å². The van der Waals surface area contributed by atoms with Crippen LogP contribution in [0.2, 0.25) is 0 Å². The Balaban J connectivity index is 3.25. The van der Waals surface area contributed by atoms with E-state index in [4.69, 9.17) is 9.47 Å². The van der Waals surface area contributed by atoms with Crippen LogP contribution in [-0.4, -0.2) is 42.0 Å². The van der Waals surface area contributed by atoms with Crippen LogP contribution >= 0.6 is 0 Å². The third-order valence-electron chi connectivity index (χ3n) is 3.59. The fourth-order valence-electron chi connectivity index (χ4n) is 2.56. The van der Waals surface area contributed by atoms with Crippen molar-refractivity contribution in [2.45, 2.75) is 25.9 Å². The minimum Gasteiger partial charge on any atom is -0.508 e. The number of hydrogen-bond donors (Lipinski definition) is 2. The van der Waals surface area contributed by atoms with Crippen molar-refractivity contribution >= 4 is 11.9 Å². The summed E-state index contributed by atoms with van der Waals surface area (Å²) < 4.78 is 9.42. The van der Waals surface area contributed by atoms with Crippen LogP contribution in [0.3, 0.4) is 0 Å². The molecule has 0 aliphatic carbocycles. The highest BCUT2D eigenvalue weighted by molar-refractivity contribution is 5.88. The molecule has 0 spiro atoms. The number of methoxy groups -OCH3 is 2. The molecule has 2 atom stereocenters. The van der Waals surface area contributed by atoms with E-state index in [2.05, 4.69) is 0 Å². The molecule has 0 saturated carbocycles. The first-order chi connectivity index (χ1) is 10.3. The number of esters is 2. The number of ether oxygens (including phenoxy) is 2. The number of aliphatic hydroxyl groups is 1. The van der Waals surface area contributed by atoms with E-state index in [1.54, 1.807) is 26.0 Å². The molecule has 2 unspecified atom stereocenters. The summed E-state index contributed by atoms with van der Waals surface area (Å²) >= 11 is 0. The predicted molar refractivity (Wildman–Crippen MR) is 79.1 cm³/mol. The lowest BCUT2D eigenvalue weighted by molar-refractivity contribution is -0.181. The summed E-state index contributed by atoms with van der Waals surface area (Å²) in [6, 6.07) is 6.01. The summed E-state index contributed by atoms with van der Waals surface area (Å²) in [5.74, 6) is -2.92. The highest BCUT2D eigenvalue weighted by Crippen LogP contribution is 2.31. The molecule has 0 bridgehead atoms. The van der Waals surface area contributed by atoms with Crippen molar-refractivity contribution < 1.29 is 29.3 Å². The SMILES string of the molecule is COC(=O)C(C(C)C)C(O)(Cc1ccc(O)cc1)C(=O)OC. The van der Waals surface area contributed by atoms with Gasteiger partial charge in [-0.3, -0.25) is 4.79 Å². The van der Waals surface area contributed by atoms with Gasteiger partial charge in [0.05, 0.1) is 20.1 Å². The van der Waals surface area contributed by atoms with Crippen molar-refractivity contribution in [2.24, 2.45) is 11.8 Å².